The second-order valence-corrected chi connectivity index (χ2v) is 10.5. The quantitative estimate of drug-likeness (QED) is 0.629. The van der Waals surface area contributed by atoms with Crippen LogP contribution < -0.4 is 5.32 Å². The Balaban J connectivity index is 1.58. The topological polar surface area (TPSA) is 79.0 Å². The van der Waals surface area contributed by atoms with Crippen molar-refractivity contribution in [3.05, 3.63) is 70.8 Å². The monoisotopic (exact) mass is 525 g/mol. The van der Waals surface area contributed by atoms with Gasteiger partial charge in [-0.15, -0.1) is 0 Å². The first kappa shape index (κ1) is 26.3. The van der Waals surface area contributed by atoms with Crippen LogP contribution in [0.4, 0.5) is 8.78 Å². The van der Waals surface area contributed by atoms with E-state index in [2.05, 4.69) is 5.32 Å². The van der Waals surface area contributed by atoms with E-state index < -0.39 is 41.6 Å². The highest BCUT2D eigenvalue weighted by atomic mass is 19.1. The van der Waals surface area contributed by atoms with Crippen LogP contribution in [-0.2, 0) is 32.0 Å². The highest BCUT2D eigenvalue weighted by Crippen LogP contribution is 2.37. The normalized spacial score (nSPS) is 23.7. The molecule has 0 saturated carbocycles. The van der Waals surface area contributed by atoms with Crippen molar-refractivity contribution < 1.29 is 27.9 Å². The van der Waals surface area contributed by atoms with E-state index in [-0.39, 0.29) is 36.4 Å². The van der Waals surface area contributed by atoms with Crippen LogP contribution in [-0.4, -0.2) is 65.9 Å². The third-order valence-electron chi connectivity index (χ3n) is 8.22. The molecule has 2 aliphatic heterocycles. The number of amides is 3. The Hall–Kier alpha value is -3.33. The Labute approximate surface area is 221 Å². The number of rotatable bonds is 6. The van der Waals surface area contributed by atoms with Crippen LogP contribution in [0.5, 0.6) is 0 Å². The lowest BCUT2D eigenvalue weighted by molar-refractivity contribution is -0.163. The molecule has 4 atom stereocenters. The van der Waals surface area contributed by atoms with Crippen molar-refractivity contribution in [1.82, 2.24) is 15.1 Å². The van der Waals surface area contributed by atoms with Crippen LogP contribution in [0.1, 0.15) is 43.0 Å². The smallest absolute Gasteiger partial charge is 0.250 e. The maximum atomic E-state index is 15.3. The molecule has 0 radical (unpaired) electrons. The summed E-state index contributed by atoms with van der Waals surface area (Å²) in [6.45, 7) is 4.93. The minimum Gasteiger partial charge on any atom is -0.378 e. The number of hydrogen-bond acceptors (Lipinski definition) is 4. The molecular formula is C29H33F2N3O4. The second kappa shape index (κ2) is 10.8. The van der Waals surface area contributed by atoms with Crippen molar-refractivity contribution >= 4 is 17.7 Å². The van der Waals surface area contributed by atoms with Gasteiger partial charge in [0.15, 0.2) is 0 Å². The molecule has 5 rings (SSSR count). The standard InChI is InChI=1S/C29H33F2N3O4/c1-3-17(2)25-27(35)32-24(20-14-18-6-4-5-7-19(18)15-20)28(36)34(25)26(22-9-8-21(30)16-23(22)31)29(37)33-10-12-38-13-11-33/h4-9,16-17,20,24-26H,3,10-15H2,1-2H3,(H,32,35)/t17-,24-,25-,26-/m1/s1. The minimum atomic E-state index is -1.41. The van der Waals surface area contributed by atoms with E-state index in [9.17, 15) is 18.8 Å². The zero-order valence-electron chi connectivity index (χ0n) is 21.7. The third-order valence-corrected chi connectivity index (χ3v) is 8.22. The van der Waals surface area contributed by atoms with E-state index in [1.807, 2.05) is 38.1 Å². The first-order chi connectivity index (χ1) is 18.3. The fourth-order valence-electron chi connectivity index (χ4n) is 6.00. The summed E-state index contributed by atoms with van der Waals surface area (Å²) in [5.41, 5.74) is 2.13. The van der Waals surface area contributed by atoms with Gasteiger partial charge >= 0.3 is 0 Å². The molecule has 3 amide bonds. The molecular weight excluding hydrogens is 492 g/mol. The Morgan fingerprint density at radius 3 is 2.34 bits per heavy atom. The highest BCUT2D eigenvalue weighted by molar-refractivity contribution is 6.00. The number of fused-ring (bicyclic) bond motifs is 1. The average molecular weight is 526 g/mol. The summed E-state index contributed by atoms with van der Waals surface area (Å²) in [6.07, 6.45) is 1.79. The van der Waals surface area contributed by atoms with Gasteiger partial charge in [0.2, 0.25) is 17.7 Å². The Kier molecular flexibility index (Phi) is 7.47. The Bertz CT molecular complexity index is 1210. The molecule has 1 N–H and O–H groups in total. The van der Waals surface area contributed by atoms with E-state index in [0.717, 1.165) is 17.2 Å². The zero-order chi connectivity index (χ0) is 27.0. The zero-order valence-corrected chi connectivity index (χ0v) is 21.7. The van der Waals surface area contributed by atoms with Gasteiger partial charge in [-0.05, 0) is 41.9 Å². The van der Waals surface area contributed by atoms with E-state index in [0.29, 0.717) is 38.5 Å². The summed E-state index contributed by atoms with van der Waals surface area (Å²) < 4.78 is 34.6. The van der Waals surface area contributed by atoms with Crippen molar-refractivity contribution in [2.24, 2.45) is 11.8 Å². The van der Waals surface area contributed by atoms with Crippen LogP contribution in [0.25, 0.3) is 0 Å². The third kappa shape index (κ3) is 4.79. The van der Waals surface area contributed by atoms with Crippen LogP contribution in [0, 0.1) is 23.5 Å². The van der Waals surface area contributed by atoms with Crippen molar-refractivity contribution in [3.8, 4) is 0 Å². The van der Waals surface area contributed by atoms with Crippen LogP contribution >= 0.6 is 0 Å². The molecule has 0 unspecified atom stereocenters. The molecule has 0 aromatic heterocycles. The molecule has 202 valence electrons. The number of benzene rings is 2. The summed E-state index contributed by atoms with van der Waals surface area (Å²) in [4.78, 5) is 44.9. The number of morpholine rings is 1. The Morgan fingerprint density at radius 1 is 1.08 bits per heavy atom. The van der Waals surface area contributed by atoms with Crippen LogP contribution in [0.2, 0.25) is 0 Å². The van der Waals surface area contributed by atoms with Crippen molar-refractivity contribution in [2.45, 2.75) is 51.2 Å². The highest BCUT2D eigenvalue weighted by Gasteiger charge is 2.51. The molecule has 2 aromatic carbocycles. The molecule has 2 saturated heterocycles. The van der Waals surface area contributed by atoms with Gasteiger partial charge in [0.25, 0.3) is 0 Å². The lowest BCUT2D eigenvalue weighted by Gasteiger charge is -2.47. The van der Waals surface area contributed by atoms with Crippen LogP contribution in [0.3, 0.4) is 0 Å². The summed E-state index contributed by atoms with van der Waals surface area (Å²) in [5.74, 6) is -3.48. The van der Waals surface area contributed by atoms with Crippen LogP contribution in [0.15, 0.2) is 42.5 Å². The number of hydrogen-bond donors (Lipinski definition) is 1. The molecule has 0 bridgehead atoms. The molecule has 3 aliphatic rings. The molecule has 0 spiro atoms. The fraction of sp³-hybridized carbons (Fsp3) is 0.483. The summed E-state index contributed by atoms with van der Waals surface area (Å²) in [7, 11) is 0. The van der Waals surface area contributed by atoms with Gasteiger partial charge in [0.1, 0.15) is 29.8 Å². The second-order valence-electron chi connectivity index (χ2n) is 10.5. The molecule has 2 aromatic rings. The van der Waals surface area contributed by atoms with Gasteiger partial charge < -0.3 is 19.9 Å². The van der Waals surface area contributed by atoms with Gasteiger partial charge in [-0.1, -0.05) is 50.6 Å². The number of nitrogens with one attached hydrogen (secondary N) is 1. The van der Waals surface area contributed by atoms with Crippen molar-refractivity contribution in [2.75, 3.05) is 26.3 Å². The number of halogens is 2. The lowest BCUT2D eigenvalue weighted by atomic mass is 9.85. The van der Waals surface area contributed by atoms with Gasteiger partial charge in [-0.3, -0.25) is 14.4 Å². The number of piperazine rings is 1. The van der Waals surface area contributed by atoms with Crippen molar-refractivity contribution in [3.63, 3.8) is 0 Å². The number of ether oxygens (including phenoxy) is 1. The van der Waals surface area contributed by atoms with Gasteiger partial charge in [-0.2, -0.15) is 0 Å². The van der Waals surface area contributed by atoms with Crippen molar-refractivity contribution in [1.29, 1.82) is 0 Å². The van der Waals surface area contributed by atoms with Gasteiger partial charge in [0, 0.05) is 24.7 Å². The van der Waals surface area contributed by atoms with Gasteiger partial charge in [-0.25, -0.2) is 8.78 Å². The maximum Gasteiger partial charge on any atom is 0.250 e. The maximum absolute atomic E-state index is 15.3. The van der Waals surface area contributed by atoms with E-state index >= 15 is 4.39 Å². The van der Waals surface area contributed by atoms with E-state index in [1.165, 1.54) is 15.9 Å². The largest absolute Gasteiger partial charge is 0.378 e. The summed E-state index contributed by atoms with van der Waals surface area (Å²) in [5, 5.41) is 2.96. The molecule has 7 nitrogen and oxygen atoms in total. The first-order valence-electron chi connectivity index (χ1n) is 13.3. The minimum absolute atomic E-state index is 0.118. The number of carbonyl (C=O) groups is 3. The number of nitrogens with zero attached hydrogens (tertiary/aromatic N) is 2. The van der Waals surface area contributed by atoms with E-state index in [1.54, 1.807) is 0 Å². The molecule has 1 aliphatic carbocycles. The SMILES string of the molecule is CC[C@@H](C)[C@@H]1C(=O)N[C@H](C2Cc3ccccc3C2)C(=O)N1[C@@H](C(=O)N1CCOCC1)c1ccc(F)cc1F. The summed E-state index contributed by atoms with van der Waals surface area (Å²) >= 11 is 0. The molecule has 9 heteroatoms. The molecule has 2 heterocycles. The van der Waals surface area contributed by atoms with E-state index in [4.69, 9.17) is 4.74 Å². The fourth-order valence-corrected chi connectivity index (χ4v) is 6.00. The molecule has 2 fully saturated rings. The summed E-state index contributed by atoms with van der Waals surface area (Å²) in [6, 6.07) is 7.68. The first-order valence-corrected chi connectivity index (χ1v) is 13.3. The Morgan fingerprint density at radius 2 is 1.74 bits per heavy atom. The average Bonchev–Trinajstić information content (AvgIpc) is 3.35. The van der Waals surface area contributed by atoms with Gasteiger partial charge in [0.05, 0.1) is 13.2 Å². The lowest BCUT2D eigenvalue weighted by Crippen LogP contribution is -2.68. The predicted octanol–water partition coefficient (Wildman–Crippen LogP) is 3.02. The predicted molar refractivity (Wildman–Crippen MR) is 136 cm³/mol. The molecule has 38 heavy (non-hydrogen) atoms. The number of carbonyl (C=O) groups excluding carboxylic acids is 3.